The number of allylic oxidation sites excluding steroid dienone is 3. The van der Waals surface area contributed by atoms with Crippen molar-refractivity contribution in [2.24, 2.45) is 11.1 Å². The fourth-order valence-electron chi connectivity index (χ4n) is 3.41. The molecule has 0 bridgehead atoms. The van der Waals surface area contributed by atoms with E-state index in [1.165, 1.54) is 31.6 Å². The van der Waals surface area contributed by atoms with Crippen molar-refractivity contribution in [1.82, 2.24) is 4.98 Å². The summed E-state index contributed by atoms with van der Waals surface area (Å²) in [6.45, 7) is 3.93. The molecule has 27 heavy (non-hydrogen) atoms. The van der Waals surface area contributed by atoms with Gasteiger partial charge in [-0.05, 0) is 6.42 Å². The maximum absolute atomic E-state index is 13.3. The highest BCUT2D eigenvalue weighted by Crippen LogP contribution is 2.41. The molecular weight excluding hydrogens is 366 g/mol. The lowest BCUT2D eigenvalue weighted by molar-refractivity contribution is -0.114. The van der Waals surface area contributed by atoms with Crippen LogP contribution in [0.1, 0.15) is 39.5 Å². The Morgan fingerprint density at radius 1 is 1.37 bits per heavy atom. The molecule has 8 heteroatoms. The second-order valence-electron chi connectivity index (χ2n) is 6.95. The van der Waals surface area contributed by atoms with Crippen molar-refractivity contribution < 1.29 is 17.9 Å². The number of nitrogens with one attached hydrogen (secondary N) is 1. The van der Waals surface area contributed by atoms with E-state index in [4.69, 9.17) is 10.5 Å². The maximum Gasteiger partial charge on any atom is 0.246 e. The van der Waals surface area contributed by atoms with Crippen LogP contribution in [0.3, 0.4) is 0 Å². The van der Waals surface area contributed by atoms with Crippen molar-refractivity contribution in [3.63, 3.8) is 0 Å². The highest BCUT2D eigenvalue weighted by atomic mass is 32.2. The van der Waals surface area contributed by atoms with Gasteiger partial charge in [0, 0.05) is 17.1 Å². The number of methoxy groups -OCH3 is 1. The van der Waals surface area contributed by atoms with Crippen LogP contribution in [0.15, 0.2) is 42.3 Å². The molecule has 1 aliphatic rings. The lowest BCUT2D eigenvalue weighted by Crippen LogP contribution is -2.46. The summed E-state index contributed by atoms with van der Waals surface area (Å²) in [5.74, 6) is -0.310. The van der Waals surface area contributed by atoms with Gasteiger partial charge in [-0.25, -0.2) is 8.42 Å². The molecule has 2 unspecified atom stereocenters. The van der Waals surface area contributed by atoms with E-state index in [0.717, 1.165) is 19.3 Å². The summed E-state index contributed by atoms with van der Waals surface area (Å²) in [5, 5.41) is -1.09. The number of sulfonamides is 1. The van der Waals surface area contributed by atoms with Crippen molar-refractivity contribution >= 4 is 21.6 Å². The number of aromatic nitrogens is 1. The number of nitrogens with zero attached hydrogens (tertiary/aromatic N) is 1. The summed E-state index contributed by atoms with van der Waals surface area (Å²) >= 11 is 0. The molecular formula is C19H27N3O4S. The van der Waals surface area contributed by atoms with Crippen LogP contribution in [0.25, 0.3) is 0 Å². The van der Waals surface area contributed by atoms with Crippen LogP contribution in [-0.4, -0.2) is 31.7 Å². The Morgan fingerprint density at radius 3 is 2.74 bits per heavy atom. The summed E-state index contributed by atoms with van der Waals surface area (Å²) in [6, 6.07) is 1.53. The largest absolute Gasteiger partial charge is 0.495 e. The number of carbonyl (C=O) groups is 1. The lowest BCUT2D eigenvalue weighted by atomic mass is 9.75. The number of rotatable bonds is 9. The van der Waals surface area contributed by atoms with E-state index in [9.17, 15) is 13.2 Å². The Kier molecular flexibility index (Phi) is 6.64. The first-order chi connectivity index (χ1) is 12.7. The Hall–Kier alpha value is -2.35. The molecule has 0 radical (unpaired) electrons. The van der Waals surface area contributed by atoms with Gasteiger partial charge in [-0.1, -0.05) is 51.3 Å². The molecule has 2 rings (SSSR count). The van der Waals surface area contributed by atoms with Gasteiger partial charge in [0.1, 0.15) is 11.0 Å². The van der Waals surface area contributed by atoms with Crippen molar-refractivity contribution in [2.75, 3.05) is 11.8 Å². The molecule has 1 amide bonds. The zero-order valence-corrected chi connectivity index (χ0v) is 16.8. The van der Waals surface area contributed by atoms with Crippen LogP contribution in [0.2, 0.25) is 0 Å². The van der Waals surface area contributed by atoms with E-state index in [1.807, 2.05) is 13.0 Å². The molecule has 2 atom stereocenters. The number of hydrogen-bond acceptors (Lipinski definition) is 5. The minimum Gasteiger partial charge on any atom is -0.495 e. The molecule has 1 aliphatic carbocycles. The van der Waals surface area contributed by atoms with Gasteiger partial charge < -0.3 is 10.5 Å². The third kappa shape index (κ3) is 4.88. The number of amides is 1. The molecule has 1 aromatic heterocycles. The molecule has 0 fully saturated rings. The predicted octanol–water partition coefficient (Wildman–Crippen LogP) is 2.77. The summed E-state index contributed by atoms with van der Waals surface area (Å²) < 4.78 is 34.1. The van der Waals surface area contributed by atoms with Crippen molar-refractivity contribution in [1.29, 1.82) is 0 Å². The third-order valence-corrected chi connectivity index (χ3v) is 6.69. The molecule has 1 aromatic rings. The first-order valence-electron chi connectivity index (χ1n) is 8.93. The van der Waals surface area contributed by atoms with Gasteiger partial charge in [0.2, 0.25) is 15.9 Å². The van der Waals surface area contributed by atoms with E-state index in [2.05, 4.69) is 16.6 Å². The van der Waals surface area contributed by atoms with E-state index >= 15 is 0 Å². The zero-order chi connectivity index (χ0) is 20.1. The van der Waals surface area contributed by atoms with Gasteiger partial charge in [0.25, 0.3) is 0 Å². The van der Waals surface area contributed by atoms with E-state index in [1.54, 1.807) is 6.08 Å². The Morgan fingerprint density at radius 2 is 2.11 bits per heavy atom. The number of hydrogen-bond donors (Lipinski definition) is 2. The maximum atomic E-state index is 13.3. The number of anilines is 1. The average molecular weight is 394 g/mol. The van der Waals surface area contributed by atoms with Crippen LogP contribution in [-0.2, 0) is 14.8 Å². The number of ether oxygens (including phenoxy) is 1. The summed E-state index contributed by atoms with van der Waals surface area (Å²) in [5.41, 5.74) is 5.11. The van der Waals surface area contributed by atoms with Crippen LogP contribution >= 0.6 is 0 Å². The fraction of sp³-hybridized carbons (Fsp3) is 0.474. The minimum absolute atomic E-state index is 0.0832. The van der Waals surface area contributed by atoms with E-state index in [-0.39, 0.29) is 11.3 Å². The second kappa shape index (κ2) is 8.56. The smallest absolute Gasteiger partial charge is 0.246 e. The molecule has 0 spiro atoms. The Bertz CT molecular complexity index is 848. The van der Waals surface area contributed by atoms with E-state index < -0.39 is 26.6 Å². The van der Waals surface area contributed by atoms with Gasteiger partial charge in [-0.3, -0.25) is 14.5 Å². The highest BCUT2D eigenvalue weighted by Gasteiger charge is 2.46. The zero-order valence-electron chi connectivity index (χ0n) is 15.9. The highest BCUT2D eigenvalue weighted by molar-refractivity contribution is 7.93. The second-order valence-corrected chi connectivity index (χ2v) is 8.71. The Balaban J connectivity index is 2.41. The normalized spacial score (nSPS) is 22.2. The average Bonchev–Trinajstić information content (AvgIpc) is 2.61. The van der Waals surface area contributed by atoms with Crippen LogP contribution < -0.4 is 15.2 Å². The molecule has 0 aromatic carbocycles. The van der Waals surface area contributed by atoms with Gasteiger partial charge in [0.15, 0.2) is 0 Å². The van der Waals surface area contributed by atoms with Gasteiger partial charge in [-0.15, -0.1) is 0 Å². The third-order valence-electron chi connectivity index (χ3n) is 4.76. The van der Waals surface area contributed by atoms with Crippen LogP contribution in [0.4, 0.5) is 5.69 Å². The molecule has 0 aliphatic heterocycles. The number of unbranched alkanes of at least 4 members (excludes halogenated alkanes) is 2. The molecule has 0 saturated carbocycles. The monoisotopic (exact) mass is 393 g/mol. The first kappa shape index (κ1) is 21.0. The standard InChI is InChI=1S/C19H27N3O4S/c1-4-5-6-9-19(2)10-7-8-16(18(20)23)17(19)27(24,25)22-14-11-15(26-3)13-21-12-14/h7-8,10-13,17,22H,4-6,9H2,1-3H3,(H2,20,23). The predicted molar refractivity (Wildman–Crippen MR) is 106 cm³/mol. The minimum atomic E-state index is -3.97. The topological polar surface area (TPSA) is 111 Å². The SMILES string of the molecule is CCCCCC1(C)C=CC=C(C(N)=O)C1S(=O)(=O)Nc1cncc(OC)c1. The van der Waals surface area contributed by atoms with Gasteiger partial charge >= 0.3 is 0 Å². The molecule has 148 valence electrons. The van der Waals surface area contributed by atoms with Gasteiger partial charge in [0.05, 0.1) is 25.2 Å². The summed E-state index contributed by atoms with van der Waals surface area (Å²) in [6.07, 6.45) is 11.4. The lowest BCUT2D eigenvalue weighted by Gasteiger charge is -2.37. The van der Waals surface area contributed by atoms with E-state index in [0.29, 0.717) is 12.2 Å². The summed E-state index contributed by atoms with van der Waals surface area (Å²) in [7, 11) is -2.49. The van der Waals surface area contributed by atoms with Crippen molar-refractivity contribution in [3.05, 3.63) is 42.3 Å². The van der Waals surface area contributed by atoms with Crippen LogP contribution in [0, 0.1) is 5.41 Å². The molecule has 1 heterocycles. The van der Waals surface area contributed by atoms with Gasteiger partial charge in [-0.2, -0.15) is 0 Å². The number of primary amides is 1. The number of carbonyl (C=O) groups excluding carboxylic acids is 1. The molecule has 7 nitrogen and oxygen atoms in total. The molecule has 0 saturated heterocycles. The summed E-state index contributed by atoms with van der Waals surface area (Å²) in [4.78, 5) is 15.9. The fourth-order valence-corrected chi connectivity index (χ4v) is 5.41. The van der Waals surface area contributed by atoms with Crippen molar-refractivity contribution in [2.45, 2.75) is 44.8 Å². The quantitative estimate of drug-likeness (QED) is 0.627. The first-order valence-corrected chi connectivity index (χ1v) is 10.5. The Labute approximate surface area is 160 Å². The number of pyridine rings is 1. The van der Waals surface area contributed by atoms with Crippen LogP contribution in [0.5, 0.6) is 5.75 Å². The molecule has 3 N–H and O–H groups in total. The van der Waals surface area contributed by atoms with Crippen molar-refractivity contribution in [3.8, 4) is 5.75 Å². The number of nitrogens with two attached hydrogens (primary N) is 1.